The lowest BCUT2D eigenvalue weighted by molar-refractivity contribution is 0.0357. The van der Waals surface area contributed by atoms with Crippen LogP contribution >= 0.6 is 15.9 Å². The molecule has 4 aromatic rings. The minimum atomic E-state index is -0.648. The molecule has 4 aromatic carbocycles. The predicted molar refractivity (Wildman–Crippen MR) is 120 cm³/mol. The molecule has 0 aromatic heterocycles. The first kappa shape index (κ1) is 17.4. The van der Waals surface area contributed by atoms with E-state index in [0.29, 0.717) is 6.61 Å². The number of fused-ring (bicyclic) bond motifs is 4. The van der Waals surface area contributed by atoms with Gasteiger partial charge in [0.2, 0.25) is 0 Å². The molecule has 0 radical (unpaired) electrons. The van der Waals surface area contributed by atoms with Crippen LogP contribution in [-0.2, 0) is 10.3 Å². The topological polar surface area (TPSA) is 9.23 Å². The molecule has 0 bridgehead atoms. The fourth-order valence-electron chi connectivity index (χ4n) is 4.34. The van der Waals surface area contributed by atoms with Crippen molar-refractivity contribution in [3.05, 3.63) is 119 Å². The second kappa shape index (κ2) is 6.73. The number of hydrogen-bond acceptors (Lipinski definition) is 1. The smallest absolute Gasteiger partial charge is 0.145 e. The summed E-state index contributed by atoms with van der Waals surface area (Å²) in [6, 6.07) is 30.1. The summed E-state index contributed by atoms with van der Waals surface area (Å²) in [6.07, 6.45) is 1.82. The van der Waals surface area contributed by atoms with Crippen molar-refractivity contribution < 1.29 is 4.74 Å². The lowest BCUT2D eigenvalue weighted by atomic mass is 9.83. The van der Waals surface area contributed by atoms with Crippen LogP contribution in [0.25, 0.3) is 21.9 Å². The summed E-state index contributed by atoms with van der Waals surface area (Å²) in [5, 5.41) is 2.46. The van der Waals surface area contributed by atoms with Crippen LogP contribution in [0.1, 0.15) is 16.7 Å². The molecule has 1 atom stereocenters. The number of ether oxygens (including phenoxy) is 1. The first-order valence-electron chi connectivity index (χ1n) is 9.38. The predicted octanol–water partition coefficient (Wildman–Crippen LogP) is 7.08. The Balaban J connectivity index is 1.89. The maximum atomic E-state index is 6.63. The van der Waals surface area contributed by atoms with E-state index in [0.717, 1.165) is 10.0 Å². The molecule has 136 valence electrons. The van der Waals surface area contributed by atoms with Gasteiger partial charge in [-0.05, 0) is 51.7 Å². The molecule has 28 heavy (non-hydrogen) atoms. The molecule has 0 aliphatic heterocycles. The first-order valence-corrected chi connectivity index (χ1v) is 10.2. The molecule has 1 nitrogen and oxygen atoms in total. The molecule has 1 aliphatic rings. The van der Waals surface area contributed by atoms with Crippen LogP contribution in [0.4, 0.5) is 0 Å². The SMILES string of the molecule is C=CCOC1(c2ccc(Br)cc2)c2ccccc2-c2cc3ccccc3cc21. The molecule has 0 heterocycles. The van der Waals surface area contributed by atoms with Gasteiger partial charge in [-0.3, -0.25) is 0 Å². The van der Waals surface area contributed by atoms with Crippen molar-refractivity contribution in [2.75, 3.05) is 6.61 Å². The lowest BCUT2D eigenvalue weighted by Gasteiger charge is -2.33. The normalized spacial score (nSPS) is 17.3. The largest absolute Gasteiger partial charge is 0.357 e. The van der Waals surface area contributed by atoms with Crippen LogP contribution in [-0.4, -0.2) is 6.61 Å². The second-order valence-electron chi connectivity index (χ2n) is 7.08. The zero-order valence-electron chi connectivity index (χ0n) is 15.4. The maximum absolute atomic E-state index is 6.63. The van der Waals surface area contributed by atoms with Crippen molar-refractivity contribution in [2.45, 2.75) is 5.60 Å². The fourth-order valence-corrected chi connectivity index (χ4v) is 4.61. The third-order valence-corrected chi connectivity index (χ3v) is 6.06. The van der Waals surface area contributed by atoms with E-state index in [-0.39, 0.29) is 0 Å². The van der Waals surface area contributed by atoms with Gasteiger partial charge in [0.1, 0.15) is 5.60 Å². The average molecular weight is 427 g/mol. The molecule has 0 N–H and O–H groups in total. The van der Waals surface area contributed by atoms with Gasteiger partial charge >= 0.3 is 0 Å². The lowest BCUT2D eigenvalue weighted by Crippen LogP contribution is -2.30. The van der Waals surface area contributed by atoms with Gasteiger partial charge in [-0.2, -0.15) is 0 Å². The number of hydrogen-bond donors (Lipinski definition) is 0. The highest BCUT2D eigenvalue weighted by atomic mass is 79.9. The van der Waals surface area contributed by atoms with Crippen molar-refractivity contribution in [1.29, 1.82) is 0 Å². The summed E-state index contributed by atoms with van der Waals surface area (Å²) in [5.74, 6) is 0. The van der Waals surface area contributed by atoms with Crippen LogP contribution in [0.15, 0.2) is 102 Å². The van der Waals surface area contributed by atoms with Gasteiger partial charge in [-0.15, -0.1) is 6.58 Å². The Hall–Kier alpha value is -2.68. The highest BCUT2D eigenvalue weighted by Gasteiger charge is 2.45. The van der Waals surface area contributed by atoms with E-state index in [4.69, 9.17) is 4.74 Å². The van der Waals surface area contributed by atoms with E-state index in [1.165, 1.54) is 33.0 Å². The zero-order chi connectivity index (χ0) is 19.1. The van der Waals surface area contributed by atoms with Crippen LogP contribution in [0.5, 0.6) is 0 Å². The second-order valence-corrected chi connectivity index (χ2v) is 7.99. The quantitative estimate of drug-likeness (QED) is 0.316. The molecule has 5 rings (SSSR count). The minimum absolute atomic E-state index is 0.469. The summed E-state index contributed by atoms with van der Waals surface area (Å²) in [7, 11) is 0. The maximum Gasteiger partial charge on any atom is 0.145 e. The molecule has 0 spiro atoms. The summed E-state index contributed by atoms with van der Waals surface area (Å²) in [4.78, 5) is 0. The minimum Gasteiger partial charge on any atom is -0.357 e. The van der Waals surface area contributed by atoms with Crippen molar-refractivity contribution >= 4 is 26.7 Å². The van der Waals surface area contributed by atoms with E-state index < -0.39 is 5.60 Å². The molecular weight excluding hydrogens is 408 g/mol. The molecule has 0 fully saturated rings. The molecule has 0 amide bonds. The van der Waals surface area contributed by atoms with Crippen LogP contribution in [0.2, 0.25) is 0 Å². The van der Waals surface area contributed by atoms with Gasteiger partial charge in [-0.1, -0.05) is 82.7 Å². The van der Waals surface area contributed by atoms with E-state index in [9.17, 15) is 0 Å². The Morgan fingerprint density at radius 3 is 2.21 bits per heavy atom. The van der Waals surface area contributed by atoms with Gasteiger partial charge in [0.05, 0.1) is 6.61 Å². The van der Waals surface area contributed by atoms with E-state index in [1.807, 2.05) is 6.08 Å². The molecule has 1 unspecified atom stereocenters. The van der Waals surface area contributed by atoms with Crippen molar-refractivity contribution in [2.24, 2.45) is 0 Å². The summed E-state index contributed by atoms with van der Waals surface area (Å²) >= 11 is 3.56. The zero-order valence-corrected chi connectivity index (χ0v) is 16.9. The molecule has 1 aliphatic carbocycles. The Morgan fingerprint density at radius 2 is 1.46 bits per heavy atom. The number of halogens is 1. The van der Waals surface area contributed by atoms with Gasteiger partial charge in [0.25, 0.3) is 0 Å². The third-order valence-electron chi connectivity index (χ3n) is 5.53. The Morgan fingerprint density at radius 1 is 0.786 bits per heavy atom. The van der Waals surface area contributed by atoms with Crippen LogP contribution < -0.4 is 0 Å². The Bertz CT molecular complexity index is 1190. The average Bonchev–Trinajstić information content (AvgIpc) is 3.01. The van der Waals surface area contributed by atoms with E-state index in [1.54, 1.807) is 0 Å². The summed E-state index contributed by atoms with van der Waals surface area (Å²) in [6.45, 7) is 4.36. The molecular formula is C26H19BrO. The van der Waals surface area contributed by atoms with E-state index >= 15 is 0 Å². The van der Waals surface area contributed by atoms with Gasteiger partial charge < -0.3 is 4.74 Å². The standard InChI is InChI=1S/C26H19BrO/c1-2-15-28-26(20-11-13-21(27)14-12-20)24-10-6-5-9-22(24)23-16-18-7-3-4-8-19(18)17-25(23)26/h2-14,16-17H,1,15H2. The van der Waals surface area contributed by atoms with Gasteiger partial charge in [-0.25, -0.2) is 0 Å². The fraction of sp³-hybridized carbons (Fsp3) is 0.0769. The Labute approximate surface area is 173 Å². The van der Waals surface area contributed by atoms with Crippen LogP contribution in [0.3, 0.4) is 0 Å². The van der Waals surface area contributed by atoms with Crippen molar-refractivity contribution in [3.63, 3.8) is 0 Å². The van der Waals surface area contributed by atoms with Crippen molar-refractivity contribution in [1.82, 2.24) is 0 Å². The van der Waals surface area contributed by atoms with E-state index in [2.05, 4.69) is 107 Å². The molecule has 0 saturated heterocycles. The van der Waals surface area contributed by atoms with Crippen LogP contribution in [0, 0.1) is 0 Å². The summed E-state index contributed by atoms with van der Waals surface area (Å²) in [5.41, 5.74) is 5.32. The Kier molecular flexibility index (Phi) is 4.19. The monoisotopic (exact) mass is 426 g/mol. The van der Waals surface area contributed by atoms with Crippen molar-refractivity contribution in [3.8, 4) is 11.1 Å². The van der Waals surface area contributed by atoms with Gasteiger partial charge in [0.15, 0.2) is 0 Å². The highest BCUT2D eigenvalue weighted by molar-refractivity contribution is 9.10. The number of benzene rings is 4. The highest BCUT2D eigenvalue weighted by Crippen LogP contribution is 2.54. The van der Waals surface area contributed by atoms with Gasteiger partial charge in [0, 0.05) is 15.6 Å². The first-order chi connectivity index (χ1) is 13.7. The molecule has 2 heteroatoms. The third kappa shape index (κ3) is 2.49. The number of rotatable bonds is 4. The summed E-state index contributed by atoms with van der Waals surface area (Å²) < 4.78 is 7.69. The molecule has 0 saturated carbocycles.